The Morgan fingerprint density at radius 1 is 1.18 bits per heavy atom. The molecule has 0 unspecified atom stereocenters. The number of hydrogen-bond acceptors (Lipinski definition) is 5. The Morgan fingerprint density at radius 2 is 2.00 bits per heavy atom. The highest BCUT2D eigenvalue weighted by Gasteiger charge is 2.35. The van der Waals surface area contributed by atoms with Gasteiger partial charge < -0.3 is 19.1 Å². The first-order valence-electron chi connectivity index (χ1n) is 11.3. The lowest BCUT2D eigenvalue weighted by Crippen LogP contribution is -2.08. The Kier molecular flexibility index (Phi) is 5.79. The highest BCUT2D eigenvalue weighted by Crippen LogP contribution is 2.47. The van der Waals surface area contributed by atoms with Gasteiger partial charge in [-0.05, 0) is 79.3 Å². The summed E-state index contributed by atoms with van der Waals surface area (Å²) >= 11 is 0. The average molecular weight is 451 g/mol. The number of methoxy groups -OCH3 is 1. The number of halogens is 1. The van der Waals surface area contributed by atoms with E-state index in [-0.39, 0.29) is 24.9 Å². The number of hydrogen-bond donors (Lipinski definition) is 1. The molecule has 0 radical (unpaired) electrons. The van der Waals surface area contributed by atoms with Crippen molar-refractivity contribution >= 4 is 5.97 Å². The number of aromatic nitrogens is 1. The number of carboxylic acid groups (broad SMARTS) is 1. The summed E-state index contributed by atoms with van der Waals surface area (Å²) in [7, 11) is 1.54. The zero-order valence-corrected chi connectivity index (χ0v) is 18.4. The highest BCUT2D eigenvalue weighted by molar-refractivity contribution is 5.68. The second-order valence-corrected chi connectivity index (χ2v) is 8.90. The third-order valence-corrected chi connectivity index (χ3v) is 6.45. The summed E-state index contributed by atoms with van der Waals surface area (Å²) in [5.41, 5.74) is 2.86. The third-order valence-electron chi connectivity index (χ3n) is 6.45. The van der Waals surface area contributed by atoms with Crippen LogP contribution in [0.1, 0.15) is 60.8 Å². The summed E-state index contributed by atoms with van der Waals surface area (Å²) in [5, 5.41) is 13.5. The minimum absolute atomic E-state index is 0.00256. The Hall–Kier alpha value is -3.35. The first-order chi connectivity index (χ1) is 16.0. The van der Waals surface area contributed by atoms with Crippen molar-refractivity contribution in [3.05, 3.63) is 65.1 Å². The average Bonchev–Trinajstić information content (AvgIpc) is 3.75. The Morgan fingerprint density at radius 3 is 2.70 bits per heavy atom. The van der Waals surface area contributed by atoms with Crippen LogP contribution >= 0.6 is 0 Å². The number of aliphatic carboxylic acids is 1. The fraction of sp³-hybridized carbons (Fsp3) is 0.385. The SMILES string of the molecule is COc1ccc(F)c(-c2onc(COc3cccc([C@@H](CC(=O)O)C4CC4)c3)c2C2CC2)c1. The molecule has 2 saturated carbocycles. The van der Waals surface area contributed by atoms with Gasteiger partial charge >= 0.3 is 5.97 Å². The standard InChI is InChI=1S/C26H26FNO5/c1-31-18-9-10-22(27)21(12-18)26-25(16-7-8-16)23(28-33-26)14-32-19-4-2-3-17(11-19)20(13-24(29)30)15-5-6-15/h2-4,9-12,15-16,20H,5-8,13-14H2,1H3,(H,29,30)/t20-/m0/s1. The van der Waals surface area contributed by atoms with Crippen molar-refractivity contribution in [2.24, 2.45) is 5.92 Å². The van der Waals surface area contributed by atoms with Crippen LogP contribution in [0, 0.1) is 11.7 Å². The number of carboxylic acids is 1. The van der Waals surface area contributed by atoms with E-state index in [9.17, 15) is 14.3 Å². The van der Waals surface area contributed by atoms with Gasteiger partial charge in [-0.3, -0.25) is 4.79 Å². The molecule has 1 heterocycles. The van der Waals surface area contributed by atoms with Gasteiger partial charge in [0.1, 0.15) is 29.6 Å². The third kappa shape index (κ3) is 4.72. The molecule has 0 amide bonds. The molecule has 1 atom stereocenters. The van der Waals surface area contributed by atoms with Gasteiger partial charge in [-0.2, -0.15) is 0 Å². The van der Waals surface area contributed by atoms with E-state index >= 15 is 0 Å². The molecular weight excluding hydrogens is 425 g/mol. The van der Waals surface area contributed by atoms with Gasteiger partial charge in [0.2, 0.25) is 0 Å². The molecule has 2 aliphatic rings. The number of nitrogens with zero attached hydrogens (tertiary/aromatic N) is 1. The maximum Gasteiger partial charge on any atom is 0.303 e. The smallest absolute Gasteiger partial charge is 0.303 e. The van der Waals surface area contributed by atoms with Gasteiger partial charge in [-0.1, -0.05) is 17.3 Å². The monoisotopic (exact) mass is 451 g/mol. The first-order valence-corrected chi connectivity index (χ1v) is 11.3. The fourth-order valence-corrected chi connectivity index (χ4v) is 4.46. The first kappa shape index (κ1) is 21.5. The second kappa shape index (κ2) is 8.89. The van der Waals surface area contributed by atoms with Crippen molar-refractivity contribution in [3.63, 3.8) is 0 Å². The van der Waals surface area contributed by atoms with Gasteiger partial charge in [0.15, 0.2) is 5.76 Å². The van der Waals surface area contributed by atoms with Gasteiger partial charge in [0, 0.05) is 5.56 Å². The highest BCUT2D eigenvalue weighted by atomic mass is 19.1. The molecular formula is C26H26FNO5. The Bertz CT molecular complexity index is 1170. The lowest BCUT2D eigenvalue weighted by Gasteiger charge is -2.16. The molecule has 5 rings (SSSR count). The van der Waals surface area contributed by atoms with E-state index < -0.39 is 11.8 Å². The summed E-state index contributed by atoms with van der Waals surface area (Å²) in [6.45, 7) is 0.192. The van der Waals surface area contributed by atoms with Crippen molar-refractivity contribution < 1.29 is 28.3 Å². The van der Waals surface area contributed by atoms with Crippen LogP contribution < -0.4 is 9.47 Å². The molecule has 1 N–H and O–H groups in total. The maximum absolute atomic E-state index is 14.6. The van der Waals surface area contributed by atoms with Crippen LogP contribution in [0.25, 0.3) is 11.3 Å². The Labute approximate surface area is 191 Å². The zero-order chi connectivity index (χ0) is 22.9. The summed E-state index contributed by atoms with van der Waals surface area (Å²) < 4.78 is 31.5. The topological polar surface area (TPSA) is 81.8 Å². The molecule has 2 fully saturated rings. The lowest BCUT2D eigenvalue weighted by atomic mass is 9.91. The zero-order valence-electron chi connectivity index (χ0n) is 18.4. The van der Waals surface area contributed by atoms with Crippen molar-refractivity contribution in [3.8, 4) is 22.8 Å². The normalized spacial score (nSPS) is 16.4. The van der Waals surface area contributed by atoms with E-state index in [1.54, 1.807) is 12.1 Å². The van der Waals surface area contributed by atoms with E-state index in [1.165, 1.54) is 13.2 Å². The van der Waals surface area contributed by atoms with E-state index in [1.807, 2.05) is 24.3 Å². The van der Waals surface area contributed by atoms with Crippen LogP contribution in [0.4, 0.5) is 4.39 Å². The molecule has 2 aromatic carbocycles. The molecule has 0 bridgehead atoms. The largest absolute Gasteiger partial charge is 0.497 e. The molecule has 7 heteroatoms. The number of ether oxygens (including phenoxy) is 2. The predicted octanol–water partition coefficient (Wildman–Crippen LogP) is 5.91. The predicted molar refractivity (Wildman–Crippen MR) is 119 cm³/mol. The molecule has 3 aromatic rings. The summed E-state index contributed by atoms with van der Waals surface area (Å²) in [5.74, 6) is 1.16. The minimum atomic E-state index is -0.785. The van der Waals surface area contributed by atoms with Crippen molar-refractivity contribution in [2.75, 3.05) is 7.11 Å². The van der Waals surface area contributed by atoms with Crippen molar-refractivity contribution in [1.82, 2.24) is 5.16 Å². The second-order valence-electron chi connectivity index (χ2n) is 8.90. The summed E-state index contributed by atoms with van der Waals surface area (Å²) in [4.78, 5) is 11.3. The van der Waals surface area contributed by atoms with E-state index in [4.69, 9.17) is 14.0 Å². The molecule has 0 spiro atoms. The lowest BCUT2D eigenvalue weighted by molar-refractivity contribution is -0.137. The van der Waals surface area contributed by atoms with Gasteiger partial charge in [-0.15, -0.1) is 0 Å². The molecule has 1 aromatic heterocycles. The molecule has 0 saturated heterocycles. The van der Waals surface area contributed by atoms with Crippen LogP contribution in [0.3, 0.4) is 0 Å². The van der Waals surface area contributed by atoms with Gasteiger partial charge in [-0.25, -0.2) is 4.39 Å². The van der Waals surface area contributed by atoms with Crippen LogP contribution in [0.15, 0.2) is 47.0 Å². The van der Waals surface area contributed by atoms with E-state index in [0.717, 1.165) is 36.8 Å². The van der Waals surface area contributed by atoms with E-state index in [0.29, 0.717) is 34.4 Å². The van der Waals surface area contributed by atoms with Crippen LogP contribution in [0.2, 0.25) is 0 Å². The van der Waals surface area contributed by atoms with Crippen LogP contribution in [-0.2, 0) is 11.4 Å². The molecule has 0 aliphatic heterocycles. The number of rotatable bonds is 10. The van der Waals surface area contributed by atoms with E-state index in [2.05, 4.69) is 5.16 Å². The van der Waals surface area contributed by atoms with Gasteiger partial charge in [0.25, 0.3) is 0 Å². The molecule has 33 heavy (non-hydrogen) atoms. The Balaban J connectivity index is 1.37. The summed E-state index contributed by atoms with van der Waals surface area (Å²) in [6, 6.07) is 12.2. The summed E-state index contributed by atoms with van der Waals surface area (Å²) in [6.07, 6.45) is 4.26. The van der Waals surface area contributed by atoms with Crippen LogP contribution in [-0.4, -0.2) is 23.3 Å². The molecule has 172 valence electrons. The quantitative estimate of drug-likeness (QED) is 0.412. The number of benzene rings is 2. The minimum Gasteiger partial charge on any atom is -0.497 e. The maximum atomic E-state index is 14.6. The van der Waals surface area contributed by atoms with Crippen molar-refractivity contribution in [2.45, 2.75) is 50.5 Å². The van der Waals surface area contributed by atoms with Gasteiger partial charge in [0.05, 0.1) is 19.1 Å². The van der Waals surface area contributed by atoms with Crippen LogP contribution in [0.5, 0.6) is 11.5 Å². The van der Waals surface area contributed by atoms with Crippen molar-refractivity contribution in [1.29, 1.82) is 0 Å². The molecule has 6 nitrogen and oxygen atoms in total. The molecule has 2 aliphatic carbocycles. The fourth-order valence-electron chi connectivity index (χ4n) is 4.46. The number of carbonyl (C=O) groups is 1.